The van der Waals surface area contributed by atoms with Crippen LogP contribution in [-0.4, -0.2) is 34.5 Å². The van der Waals surface area contributed by atoms with Gasteiger partial charge in [0.25, 0.3) is 5.69 Å². The van der Waals surface area contributed by atoms with Crippen molar-refractivity contribution in [1.82, 2.24) is 4.90 Å². The van der Waals surface area contributed by atoms with E-state index in [1.54, 1.807) is 6.07 Å². The summed E-state index contributed by atoms with van der Waals surface area (Å²) in [5, 5.41) is 19.4. The Bertz CT molecular complexity index is 479. The maximum absolute atomic E-state index is 10.8. The van der Waals surface area contributed by atoms with E-state index in [4.69, 9.17) is 5.11 Å². The third-order valence-corrected chi connectivity index (χ3v) is 3.54. The molecule has 0 unspecified atom stereocenters. The summed E-state index contributed by atoms with van der Waals surface area (Å²) < 4.78 is 0.477. The number of aliphatic carboxylic acids is 1. The summed E-state index contributed by atoms with van der Waals surface area (Å²) in [7, 11) is 1.85. The average molecular weight is 331 g/mol. The highest BCUT2D eigenvalue weighted by Crippen LogP contribution is 2.28. The Labute approximate surface area is 119 Å². The van der Waals surface area contributed by atoms with Crippen molar-refractivity contribution in [3.05, 3.63) is 38.3 Å². The first kappa shape index (κ1) is 15.6. The minimum atomic E-state index is -0.815. The van der Waals surface area contributed by atoms with Gasteiger partial charge in [-0.2, -0.15) is 0 Å². The Kier molecular flexibility index (Phi) is 5.91. The molecule has 0 amide bonds. The smallest absolute Gasteiger partial charge is 0.303 e. The van der Waals surface area contributed by atoms with Crippen LogP contribution < -0.4 is 0 Å². The van der Waals surface area contributed by atoms with Crippen LogP contribution in [0.5, 0.6) is 0 Å². The van der Waals surface area contributed by atoms with Gasteiger partial charge >= 0.3 is 5.97 Å². The lowest BCUT2D eigenvalue weighted by Crippen LogP contribution is -2.20. The number of halogens is 1. The molecular formula is C12H15BrN2O4. The number of rotatable bonds is 7. The number of hydrogen-bond acceptors (Lipinski definition) is 4. The van der Waals surface area contributed by atoms with E-state index >= 15 is 0 Å². The number of carboxylic acid groups (broad SMARTS) is 1. The fourth-order valence-corrected chi connectivity index (χ4v) is 2.23. The Morgan fingerprint density at radius 1 is 1.53 bits per heavy atom. The van der Waals surface area contributed by atoms with Gasteiger partial charge in [-0.1, -0.05) is 12.1 Å². The number of nitro benzene ring substituents is 1. The second-order valence-electron chi connectivity index (χ2n) is 4.24. The maximum atomic E-state index is 10.8. The Hall–Kier alpha value is -1.47. The second kappa shape index (κ2) is 7.20. The van der Waals surface area contributed by atoms with Gasteiger partial charge in [-0.3, -0.25) is 14.9 Å². The molecule has 0 aliphatic heterocycles. The first-order valence-electron chi connectivity index (χ1n) is 5.74. The first-order chi connectivity index (χ1) is 8.91. The van der Waals surface area contributed by atoms with Crippen LogP contribution in [0.25, 0.3) is 0 Å². The summed E-state index contributed by atoms with van der Waals surface area (Å²) in [6, 6.07) is 4.89. The van der Waals surface area contributed by atoms with Crippen molar-refractivity contribution in [2.45, 2.75) is 19.4 Å². The molecule has 1 aromatic rings. The fourth-order valence-electron chi connectivity index (χ4n) is 1.70. The highest BCUT2D eigenvalue weighted by molar-refractivity contribution is 9.10. The standard InChI is InChI=1S/C12H15BrN2O4/c1-14(7-3-6-11(16)17)8-9-4-2-5-10(12(9)13)15(18)19/h2,4-5H,3,6-8H2,1H3,(H,16,17). The van der Waals surface area contributed by atoms with Crippen molar-refractivity contribution in [2.75, 3.05) is 13.6 Å². The van der Waals surface area contributed by atoms with E-state index in [1.165, 1.54) is 6.07 Å². The maximum Gasteiger partial charge on any atom is 0.303 e. The van der Waals surface area contributed by atoms with Crippen LogP contribution >= 0.6 is 15.9 Å². The predicted molar refractivity (Wildman–Crippen MR) is 74.0 cm³/mol. The van der Waals surface area contributed by atoms with Gasteiger partial charge in [-0.25, -0.2) is 0 Å². The van der Waals surface area contributed by atoms with Crippen LogP contribution in [0, 0.1) is 10.1 Å². The molecule has 104 valence electrons. The molecule has 19 heavy (non-hydrogen) atoms. The fraction of sp³-hybridized carbons (Fsp3) is 0.417. The molecule has 0 spiro atoms. The van der Waals surface area contributed by atoms with Gasteiger partial charge in [0.1, 0.15) is 0 Å². The highest BCUT2D eigenvalue weighted by atomic mass is 79.9. The molecule has 0 atom stereocenters. The summed E-state index contributed by atoms with van der Waals surface area (Å²) in [4.78, 5) is 22.7. The molecule has 0 aliphatic carbocycles. The normalized spacial score (nSPS) is 10.7. The van der Waals surface area contributed by atoms with Crippen LogP contribution in [0.2, 0.25) is 0 Å². The summed E-state index contributed by atoms with van der Waals surface area (Å²) in [5.41, 5.74) is 0.850. The molecule has 0 fully saturated rings. The number of nitrogens with zero attached hydrogens (tertiary/aromatic N) is 2. The largest absolute Gasteiger partial charge is 0.481 e. The SMILES string of the molecule is CN(CCCC(=O)O)Cc1cccc([N+](=O)[O-])c1Br. The topological polar surface area (TPSA) is 83.7 Å². The van der Waals surface area contributed by atoms with Crippen molar-refractivity contribution >= 4 is 27.6 Å². The monoisotopic (exact) mass is 330 g/mol. The minimum Gasteiger partial charge on any atom is -0.481 e. The van der Waals surface area contributed by atoms with Gasteiger partial charge in [0, 0.05) is 19.0 Å². The zero-order chi connectivity index (χ0) is 14.4. The summed E-state index contributed by atoms with van der Waals surface area (Å²) in [6.07, 6.45) is 0.679. The number of nitro groups is 1. The van der Waals surface area contributed by atoms with Crippen LogP contribution in [0.1, 0.15) is 18.4 Å². The number of carbonyl (C=O) groups is 1. The molecule has 0 aromatic heterocycles. The molecule has 0 aliphatic rings. The average Bonchev–Trinajstić information content (AvgIpc) is 2.31. The van der Waals surface area contributed by atoms with Crippen LogP contribution in [0.3, 0.4) is 0 Å². The van der Waals surface area contributed by atoms with Crippen molar-refractivity contribution < 1.29 is 14.8 Å². The predicted octanol–water partition coefficient (Wildman–Crippen LogP) is 2.65. The molecule has 0 radical (unpaired) electrons. The van der Waals surface area contributed by atoms with E-state index in [0.717, 1.165) is 5.56 Å². The molecule has 1 aromatic carbocycles. The molecule has 0 saturated carbocycles. The zero-order valence-electron chi connectivity index (χ0n) is 10.5. The molecule has 6 nitrogen and oxygen atoms in total. The third-order valence-electron chi connectivity index (χ3n) is 2.63. The van der Waals surface area contributed by atoms with Crippen molar-refractivity contribution in [2.24, 2.45) is 0 Å². The lowest BCUT2D eigenvalue weighted by molar-refractivity contribution is -0.385. The molecule has 1 N–H and O–H groups in total. The van der Waals surface area contributed by atoms with Gasteiger partial charge in [0.15, 0.2) is 0 Å². The summed E-state index contributed by atoms with van der Waals surface area (Å²) in [5.74, 6) is -0.815. The van der Waals surface area contributed by atoms with E-state index in [9.17, 15) is 14.9 Å². The van der Waals surface area contributed by atoms with Gasteiger partial charge in [-0.15, -0.1) is 0 Å². The van der Waals surface area contributed by atoms with E-state index in [2.05, 4.69) is 15.9 Å². The molecule has 1 rings (SSSR count). The van der Waals surface area contributed by atoms with Gasteiger partial charge in [0.05, 0.1) is 9.40 Å². The minimum absolute atomic E-state index is 0.0384. The van der Waals surface area contributed by atoms with Crippen LogP contribution in [0.4, 0.5) is 5.69 Å². The molecule has 0 saturated heterocycles. The lowest BCUT2D eigenvalue weighted by atomic mass is 10.2. The van der Waals surface area contributed by atoms with Crippen LogP contribution in [-0.2, 0) is 11.3 Å². The lowest BCUT2D eigenvalue weighted by Gasteiger charge is -2.16. The van der Waals surface area contributed by atoms with Crippen molar-refractivity contribution in [3.63, 3.8) is 0 Å². The molecule has 0 bridgehead atoms. The van der Waals surface area contributed by atoms with E-state index in [1.807, 2.05) is 18.0 Å². The van der Waals surface area contributed by atoms with E-state index < -0.39 is 10.9 Å². The first-order valence-corrected chi connectivity index (χ1v) is 6.53. The second-order valence-corrected chi connectivity index (χ2v) is 5.04. The third kappa shape index (κ3) is 4.96. The van der Waals surface area contributed by atoms with Crippen molar-refractivity contribution in [1.29, 1.82) is 0 Å². The quantitative estimate of drug-likeness (QED) is 0.613. The summed E-state index contributed by atoms with van der Waals surface area (Å²) >= 11 is 3.24. The number of hydrogen-bond donors (Lipinski definition) is 1. The molecule has 7 heteroatoms. The van der Waals surface area contributed by atoms with Gasteiger partial charge < -0.3 is 10.0 Å². The number of carboxylic acids is 1. The van der Waals surface area contributed by atoms with Crippen LogP contribution in [0.15, 0.2) is 22.7 Å². The van der Waals surface area contributed by atoms with Gasteiger partial charge in [0.2, 0.25) is 0 Å². The zero-order valence-corrected chi connectivity index (χ0v) is 12.1. The Morgan fingerprint density at radius 2 is 2.21 bits per heavy atom. The Balaban J connectivity index is 2.64. The van der Waals surface area contributed by atoms with E-state index in [-0.39, 0.29) is 12.1 Å². The van der Waals surface area contributed by atoms with Crippen molar-refractivity contribution in [3.8, 4) is 0 Å². The highest BCUT2D eigenvalue weighted by Gasteiger charge is 2.15. The number of benzene rings is 1. The Morgan fingerprint density at radius 3 is 2.79 bits per heavy atom. The summed E-state index contributed by atoms with van der Waals surface area (Å²) in [6.45, 7) is 1.16. The molecule has 0 heterocycles. The van der Waals surface area contributed by atoms with Gasteiger partial charge in [-0.05, 0) is 41.5 Å². The molecular weight excluding hydrogens is 316 g/mol. The van der Waals surface area contributed by atoms with E-state index in [0.29, 0.717) is 24.0 Å².